The maximum Gasteiger partial charge on any atom is 0.310 e. The van der Waals surface area contributed by atoms with E-state index in [1.54, 1.807) is 6.92 Å². The van der Waals surface area contributed by atoms with Crippen LogP contribution in [-0.4, -0.2) is 17.1 Å². The maximum absolute atomic E-state index is 14.2. The van der Waals surface area contributed by atoms with Crippen LogP contribution in [0.1, 0.15) is 18.1 Å². The first-order valence-corrected chi connectivity index (χ1v) is 10.4. The predicted octanol–water partition coefficient (Wildman–Crippen LogP) is 6.50. The quantitative estimate of drug-likeness (QED) is 0.309. The molecular weight excluding hydrogens is 457 g/mol. The summed E-state index contributed by atoms with van der Waals surface area (Å²) in [5.74, 6) is -0.598. The molecule has 0 spiro atoms. The van der Waals surface area contributed by atoms with Gasteiger partial charge in [-0.1, -0.05) is 41.9 Å². The van der Waals surface area contributed by atoms with Gasteiger partial charge in [-0.15, -0.1) is 0 Å². The van der Waals surface area contributed by atoms with Crippen LogP contribution in [0.3, 0.4) is 0 Å². The summed E-state index contributed by atoms with van der Waals surface area (Å²) in [7, 11) is 0. The number of para-hydroxylation sites is 1. The van der Waals surface area contributed by atoms with Gasteiger partial charge < -0.3 is 9.30 Å². The number of esters is 1. The van der Waals surface area contributed by atoms with Crippen molar-refractivity contribution < 1.29 is 13.9 Å². The lowest BCUT2D eigenvalue weighted by Gasteiger charge is -2.12. The molecule has 0 saturated heterocycles. The number of benzene rings is 3. The second-order valence-corrected chi connectivity index (χ2v) is 8.08. The van der Waals surface area contributed by atoms with Crippen LogP contribution < -0.4 is 0 Å². The van der Waals surface area contributed by atoms with Gasteiger partial charge >= 0.3 is 5.97 Å². The number of carbonyl (C=O) groups excluding carboxylic acids is 1. The van der Waals surface area contributed by atoms with Crippen LogP contribution in [0.15, 0.2) is 59.1 Å². The number of rotatable bonds is 5. The number of fused-ring (bicyclic) bond motifs is 3. The Labute approximate surface area is 181 Å². The van der Waals surface area contributed by atoms with Crippen LogP contribution >= 0.6 is 27.5 Å². The minimum atomic E-state index is -0.314. The summed E-state index contributed by atoms with van der Waals surface area (Å²) in [5, 5.41) is 2.37. The van der Waals surface area contributed by atoms with Crippen molar-refractivity contribution in [3.05, 3.63) is 81.0 Å². The van der Waals surface area contributed by atoms with E-state index >= 15 is 0 Å². The molecule has 0 N–H and O–H groups in total. The van der Waals surface area contributed by atoms with Crippen molar-refractivity contribution in [2.45, 2.75) is 19.9 Å². The molecule has 4 aromatic rings. The van der Waals surface area contributed by atoms with E-state index in [1.807, 2.05) is 42.5 Å². The minimum Gasteiger partial charge on any atom is -0.466 e. The molecule has 0 atom stereocenters. The summed E-state index contributed by atoms with van der Waals surface area (Å²) in [5.41, 5.74) is 3.68. The van der Waals surface area contributed by atoms with Crippen LogP contribution in [0.2, 0.25) is 5.02 Å². The van der Waals surface area contributed by atoms with Crippen molar-refractivity contribution in [3.8, 4) is 0 Å². The molecule has 3 aromatic carbocycles. The lowest BCUT2D eigenvalue weighted by molar-refractivity contribution is -0.142. The molecule has 6 heteroatoms. The Balaban J connectivity index is 1.98. The predicted molar refractivity (Wildman–Crippen MR) is 118 cm³/mol. The molecule has 3 nitrogen and oxygen atoms in total. The van der Waals surface area contributed by atoms with Gasteiger partial charge in [0, 0.05) is 26.8 Å². The van der Waals surface area contributed by atoms with Crippen LogP contribution in [0.4, 0.5) is 4.39 Å². The highest BCUT2D eigenvalue weighted by Gasteiger charge is 2.19. The van der Waals surface area contributed by atoms with E-state index < -0.39 is 0 Å². The number of aromatic nitrogens is 1. The van der Waals surface area contributed by atoms with Gasteiger partial charge in [-0.3, -0.25) is 4.79 Å². The Morgan fingerprint density at radius 2 is 1.86 bits per heavy atom. The van der Waals surface area contributed by atoms with Crippen molar-refractivity contribution >= 4 is 55.3 Å². The Bertz CT molecular complexity index is 1220. The molecule has 0 saturated carbocycles. The van der Waals surface area contributed by atoms with Crippen LogP contribution in [-0.2, 0) is 22.5 Å². The molecule has 0 fully saturated rings. The van der Waals surface area contributed by atoms with Crippen molar-refractivity contribution in [1.82, 2.24) is 4.57 Å². The molecule has 0 bridgehead atoms. The van der Waals surface area contributed by atoms with Gasteiger partial charge in [0.15, 0.2) is 0 Å². The third-order valence-electron chi connectivity index (χ3n) is 4.87. The molecule has 0 amide bonds. The van der Waals surface area contributed by atoms with Crippen LogP contribution in [0.5, 0.6) is 0 Å². The molecule has 0 unspecified atom stereocenters. The van der Waals surface area contributed by atoms with E-state index in [0.717, 1.165) is 32.9 Å². The average molecular weight is 475 g/mol. The van der Waals surface area contributed by atoms with E-state index in [4.69, 9.17) is 16.3 Å². The van der Waals surface area contributed by atoms with Crippen molar-refractivity contribution in [2.75, 3.05) is 6.61 Å². The molecule has 0 aliphatic heterocycles. The topological polar surface area (TPSA) is 31.2 Å². The monoisotopic (exact) mass is 473 g/mol. The third-order valence-corrected chi connectivity index (χ3v) is 5.73. The second kappa shape index (κ2) is 8.17. The molecule has 4 rings (SSSR count). The Morgan fingerprint density at radius 3 is 2.59 bits per heavy atom. The van der Waals surface area contributed by atoms with Gasteiger partial charge in [0.25, 0.3) is 0 Å². The third kappa shape index (κ3) is 3.89. The van der Waals surface area contributed by atoms with Gasteiger partial charge in [-0.05, 0) is 58.2 Å². The Kier molecular flexibility index (Phi) is 5.61. The van der Waals surface area contributed by atoms with Gasteiger partial charge in [0.1, 0.15) is 5.82 Å². The number of hydrogen-bond donors (Lipinski definition) is 0. The van der Waals surface area contributed by atoms with Gasteiger partial charge in [0.2, 0.25) is 0 Å². The first-order chi connectivity index (χ1) is 14.0. The lowest BCUT2D eigenvalue weighted by Crippen LogP contribution is -2.09. The summed E-state index contributed by atoms with van der Waals surface area (Å²) >= 11 is 9.56. The standard InChI is InChI=1S/C23H18BrClFNO2/c1-2-29-21(28)10-15-4-3-5-18-19-11-17(26)12-20(24)23(19)27(22(15)18)13-14-6-8-16(25)9-7-14/h3-9,11-12H,2,10,13H2,1H3. The van der Waals surface area contributed by atoms with Crippen molar-refractivity contribution in [3.63, 3.8) is 0 Å². The molecule has 1 aromatic heterocycles. The highest BCUT2D eigenvalue weighted by molar-refractivity contribution is 9.10. The Morgan fingerprint density at radius 1 is 1.10 bits per heavy atom. The minimum absolute atomic E-state index is 0.155. The molecule has 0 radical (unpaired) electrons. The fourth-order valence-corrected chi connectivity index (χ4v) is 4.50. The largest absolute Gasteiger partial charge is 0.466 e. The number of nitrogens with zero attached hydrogens (tertiary/aromatic N) is 1. The highest BCUT2D eigenvalue weighted by Crippen LogP contribution is 2.37. The zero-order valence-corrected chi connectivity index (χ0v) is 18.1. The van der Waals surface area contributed by atoms with Crippen LogP contribution in [0, 0.1) is 5.82 Å². The lowest BCUT2D eigenvalue weighted by atomic mass is 10.1. The molecule has 0 aliphatic carbocycles. The van der Waals surface area contributed by atoms with Crippen molar-refractivity contribution in [2.24, 2.45) is 0 Å². The number of hydrogen-bond acceptors (Lipinski definition) is 2. The van der Waals surface area contributed by atoms with E-state index in [2.05, 4.69) is 20.5 Å². The summed E-state index contributed by atoms with van der Waals surface area (Å²) in [6.45, 7) is 2.68. The zero-order chi connectivity index (χ0) is 20.5. The van der Waals surface area contributed by atoms with E-state index in [1.165, 1.54) is 12.1 Å². The number of ether oxygens (including phenoxy) is 1. The molecule has 1 heterocycles. The normalized spacial score (nSPS) is 11.3. The fraction of sp³-hybridized carbons (Fsp3) is 0.174. The molecular formula is C23H18BrClFNO2. The van der Waals surface area contributed by atoms with Gasteiger partial charge in [-0.2, -0.15) is 0 Å². The highest BCUT2D eigenvalue weighted by atomic mass is 79.9. The first-order valence-electron chi connectivity index (χ1n) is 9.27. The van der Waals surface area contributed by atoms with E-state index in [9.17, 15) is 9.18 Å². The summed E-state index contributed by atoms with van der Waals surface area (Å²) in [6.07, 6.45) is 0.155. The van der Waals surface area contributed by atoms with E-state index in [0.29, 0.717) is 22.6 Å². The SMILES string of the molecule is CCOC(=O)Cc1cccc2c3cc(F)cc(Br)c3n(Cc3ccc(Cl)cc3)c12. The summed E-state index contributed by atoms with van der Waals surface area (Å²) < 4.78 is 22.1. The van der Waals surface area contributed by atoms with Gasteiger partial charge in [-0.25, -0.2) is 4.39 Å². The molecule has 148 valence electrons. The summed E-state index contributed by atoms with van der Waals surface area (Å²) in [6, 6.07) is 16.4. The smallest absolute Gasteiger partial charge is 0.310 e. The van der Waals surface area contributed by atoms with E-state index in [-0.39, 0.29) is 18.2 Å². The maximum atomic E-state index is 14.2. The molecule has 29 heavy (non-hydrogen) atoms. The fourth-order valence-electron chi connectivity index (χ4n) is 3.73. The summed E-state index contributed by atoms with van der Waals surface area (Å²) in [4.78, 5) is 12.2. The zero-order valence-electron chi connectivity index (χ0n) is 15.7. The second-order valence-electron chi connectivity index (χ2n) is 6.79. The number of carbonyl (C=O) groups is 1. The average Bonchev–Trinajstić information content (AvgIpc) is 2.99. The number of halogens is 3. The van der Waals surface area contributed by atoms with Crippen molar-refractivity contribution in [1.29, 1.82) is 0 Å². The Hall–Kier alpha value is -2.37. The van der Waals surface area contributed by atoms with Crippen LogP contribution in [0.25, 0.3) is 21.8 Å². The molecule has 0 aliphatic rings. The van der Waals surface area contributed by atoms with Gasteiger partial charge in [0.05, 0.1) is 24.1 Å². The first kappa shape index (κ1) is 19.9.